The van der Waals surface area contributed by atoms with Gasteiger partial charge in [-0.25, -0.2) is 0 Å². The predicted octanol–water partition coefficient (Wildman–Crippen LogP) is 10.7. The summed E-state index contributed by atoms with van der Waals surface area (Å²) in [7, 11) is -1.61. The molecule has 0 N–H and O–H groups in total. The summed E-state index contributed by atoms with van der Waals surface area (Å²) in [6.45, 7) is 18.7. The Bertz CT molecular complexity index is 1410. The summed E-state index contributed by atoms with van der Waals surface area (Å²) in [4.78, 5) is 0. The van der Waals surface area contributed by atoms with Crippen LogP contribution in [0.4, 0.5) is 0 Å². The molecule has 0 bridgehead atoms. The number of unbranched alkanes of at least 4 members (excludes halogenated alkanes) is 2. The summed E-state index contributed by atoms with van der Waals surface area (Å²) in [5.74, 6) is 0. The molecule has 0 amide bonds. The average molecular weight is 893 g/mol. The number of benzene rings is 5. The molecule has 0 aromatic heterocycles. The zero-order chi connectivity index (χ0) is 35.0. The van der Waals surface area contributed by atoms with Crippen LogP contribution >= 0.6 is 27.3 Å². The number of hydrogen-bond donors (Lipinski definition) is 0. The molecule has 0 heterocycles. The SMILES string of the molecule is CC(C)(C)[PH+](C[B-](Cl)(c1ccccc1)c1ccccc1)C(C)(C)C.CCCCC.[Au+].c1ccc([PH+](c2ccccc2)c2ccccc2)cc1. The molecule has 0 fully saturated rings. The molecule has 5 rings (SSSR count). The molecule has 0 saturated heterocycles. The van der Waals surface area contributed by atoms with E-state index in [4.69, 9.17) is 11.5 Å². The van der Waals surface area contributed by atoms with Gasteiger partial charge in [-0.05, 0) is 91.9 Å². The van der Waals surface area contributed by atoms with Gasteiger partial charge in [-0.1, -0.05) is 148 Å². The summed E-state index contributed by atoms with van der Waals surface area (Å²) < 4.78 is 0. The smallest absolute Gasteiger partial charge is 0.373 e. The zero-order valence-electron chi connectivity index (χ0n) is 31.0. The molecule has 0 atom stereocenters. The van der Waals surface area contributed by atoms with Crippen LogP contribution in [0.3, 0.4) is 0 Å². The van der Waals surface area contributed by atoms with Crippen LogP contribution in [-0.2, 0) is 22.4 Å². The molecule has 0 unspecified atom stereocenters. The Hall–Kier alpha value is -1.94. The third-order valence-corrected chi connectivity index (χ3v) is 17.1. The minimum Gasteiger partial charge on any atom is -0.373 e. The summed E-state index contributed by atoms with van der Waals surface area (Å²) in [5, 5.41) is 4.91. The van der Waals surface area contributed by atoms with Gasteiger partial charge in [0.2, 0.25) is 0 Å². The van der Waals surface area contributed by atoms with Crippen molar-refractivity contribution < 1.29 is 22.4 Å². The minimum atomic E-state index is -1.27. The molecule has 0 nitrogen and oxygen atoms in total. The Labute approximate surface area is 322 Å². The van der Waals surface area contributed by atoms with Crippen LogP contribution < -0.4 is 26.8 Å². The molecule has 5 aromatic rings. The van der Waals surface area contributed by atoms with Crippen molar-refractivity contribution in [3.05, 3.63) is 152 Å². The molecule has 5 aromatic carbocycles. The maximum atomic E-state index is 7.48. The quantitative estimate of drug-likeness (QED) is 0.102. The molecule has 0 aliphatic heterocycles. The van der Waals surface area contributed by atoms with Gasteiger partial charge in [-0.15, -0.1) is 0 Å². The van der Waals surface area contributed by atoms with Gasteiger partial charge >= 0.3 is 22.4 Å². The van der Waals surface area contributed by atoms with E-state index in [9.17, 15) is 0 Å². The van der Waals surface area contributed by atoms with Gasteiger partial charge in [0.25, 0.3) is 0 Å². The van der Waals surface area contributed by atoms with E-state index in [0.717, 1.165) is 6.06 Å². The van der Waals surface area contributed by atoms with Crippen molar-refractivity contribution in [1.29, 1.82) is 0 Å². The molecule has 0 aliphatic rings. The van der Waals surface area contributed by atoms with Crippen molar-refractivity contribution in [3.8, 4) is 0 Å². The fraction of sp³-hybridized carbons (Fsp3) is 0.318. The fourth-order valence-corrected chi connectivity index (χ4v) is 14.5. The van der Waals surface area contributed by atoms with Crippen molar-refractivity contribution in [1.82, 2.24) is 0 Å². The van der Waals surface area contributed by atoms with Crippen LogP contribution in [-0.4, -0.2) is 21.9 Å². The number of rotatable bonds is 9. The Morgan fingerprint density at radius 1 is 0.469 bits per heavy atom. The first-order valence-electron chi connectivity index (χ1n) is 17.8. The molecule has 264 valence electrons. The Morgan fingerprint density at radius 3 is 0.959 bits per heavy atom. The Kier molecular flexibility index (Phi) is 18.9. The maximum Gasteiger partial charge on any atom is 1.00 e. The van der Waals surface area contributed by atoms with Crippen molar-refractivity contribution in [2.24, 2.45) is 0 Å². The first kappa shape index (κ1) is 43.2. The van der Waals surface area contributed by atoms with Gasteiger partial charge in [0.15, 0.2) is 5.56 Å². The van der Waals surface area contributed by atoms with Gasteiger partial charge in [-0.2, -0.15) is 10.9 Å². The third kappa shape index (κ3) is 13.6. The summed E-state index contributed by atoms with van der Waals surface area (Å²) in [6, 6.07) is 54.9. The molecule has 49 heavy (non-hydrogen) atoms. The zero-order valence-corrected chi connectivity index (χ0v) is 35.9. The van der Waals surface area contributed by atoms with E-state index in [2.05, 4.69) is 207 Å². The second-order valence-corrected chi connectivity index (χ2v) is 22.3. The van der Waals surface area contributed by atoms with Crippen LogP contribution in [0.1, 0.15) is 74.7 Å². The van der Waals surface area contributed by atoms with Crippen molar-refractivity contribution in [3.63, 3.8) is 0 Å². The molecule has 0 spiro atoms. The monoisotopic (exact) mass is 892 g/mol. The van der Waals surface area contributed by atoms with Gasteiger partial charge in [0.1, 0.15) is 15.9 Å². The number of hydrogen-bond acceptors (Lipinski definition) is 0. The Balaban J connectivity index is 0.000000298. The van der Waals surface area contributed by atoms with Gasteiger partial charge in [0, 0.05) is 0 Å². The third-order valence-electron chi connectivity index (χ3n) is 8.85. The molecule has 0 aliphatic carbocycles. The van der Waals surface area contributed by atoms with E-state index >= 15 is 0 Å². The van der Waals surface area contributed by atoms with E-state index in [1.807, 2.05) is 0 Å². The van der Waals surface area contributed by atoms with Crippen LogP contribution in [0.2, 0.25) is 0 Å². The normalized spacial score (nSPS) is 11.5. The number of halogens is 1. The largest absolute Gasteiger partial charge is 1.00 e. The molecular formula is C44H59AuBClP2+2. The van der Waals surface area contributed by atoms with Gasteiger partial charge < -0.3 is 11.5 Å². The molecule has 0 saturated carbocycles. The van der Waals surface area contributed by atoms with E-state index < -0.39 is 21.4 Å². The molecular weight excluding hydrogens is 834 g/mol. The second kappa shape index (κ2) is 21.4. The first-order chi connectivity index (χ1) is 22.9. The van der Waals surface area contributed by atoms with Crippen LogP contribution in [0.15, 0.2) is 152 Å². The fourth-order valence-electron chi connectivity index (χ4n) is 6.63. The van der Waals surface area contributed by atoms with E-state index in [1.165, 1.54) is 46.1 Å². The van der Waals surface area contributed by atoms with Gasteiger partial charge in [-0.3, -0.25) is 0 Å². The minimum absolute atomic E-state index is 0. The van der Waals surface area contributed by atoms with Gasteiger partial charge in [0.05, 0.1) is 18.2 Å². The topological polar surface area (TPSA) is 0 Å². The van der Waals surface area contributed by atoms with Crippen LogP contribution in [0.25, 0.3) is 0 Å². The predicted molar refractivity (Wildman–Crippen MR) is 228 cm³/mol. The summed E-state index contributed by atoms with van der Waals surface area (Å²) >= 11 is 7.48. The Morgan fingerprint density at radius 2 is 0.735 bits per heavy atom. The van der Waals surface area contributed by atoms with E-state index in [1.54, 1.807) is 0 Å². The van der Waals surface area contributed by atoms with E-state index in [-0.39, 0.29) is 22.4 Å². The second-order valence-electron chi connectivity index (χ2n) is 14.8. The van der Waals surface area contributed by atoms with Crippen molar-refractivity contribution in [2.75, 3.05) is 6.06 Å². The molecule has 0 radical (unpaired) electrons. The van der Waals surface area contributed by atoms with Crippen molar-refractivity contribution in [2.45, 2.75) is 85.0 Å². The summed E-state index contributed by atoms with van der Waals surface area (Å²) in [5.41, 5.74) is 1.26. The van der Waals surface area contributed by atoms with Crippen LogP contribution in [0.5, 0.6) is 0 Å². The standard InChI is InChI=1S/C21H30BClP.C18H15P.C5H12.Au/c1-20(2,3)24(21(4,5)6)17-22(23,18-13-9-7-10-14-18)19-15-11-8-12-16-19;1-4-10-16(11-5-1)19(17-12-6-2-7-13-17)18-14-8-3-9-15-18;1-3-5-4-2;/h7-16H,17H2,1-6H3;1-15H;3-5H2,1-2H3;/q-1;;;+1/p+2. The van der Waals surface area contributed by atoms with Crippen LogP contribution in [0, 0.1) is 0 Å². The van der Waals surface area contributed by atoms with Crippen molar-refractivity contribution >= 4 is 59.7 Å². The summed E-state index contributed by atoms with van der Waals surface area (Å²) in [6.07, 6.45) is 4.08. The first-order valence-corrected chi connectivity index (χ1v) is 21.4. The van der Waals surface area contributed by atoms with E-state index in [0.29, 0.717) is 10.3 Å². The maximum absolute atomic E-state index is 7.48. The molecule has 5 heteroatoms. The average Bonchev–Trinajstić information content (AvgIpc) is 3.09.